The molecule has 5 nitrogen and oxygen atoms in total. The molecule has 0 amide bonds. The second kappa shape index (κ2) is 4.98. The first-order valence-corrected chi connectivity index (χ1v) is 5.99. The number of fused-ring (bicyclic) bond motifs is 1. The van der Waals surface area contributed by atoms with E-state index in [1.807, 2.05) is 13.8 Å². The minimum atomic E-state index is -0.157. The van der Waals surface area contributed by atoms with Gasteiger partial charge in [-0.1, -0.05) is 13.8 Å². The lowest BCUT2D eigenvalue weighted by atomic mass is 10.0. The van der Waals surface area contributed by atoms with Crippen LogP contribution in [0.15, 0.2) is 4.79 Å². The number of hydrogen-bond acceptors (Lipinski definition) is 4. The van der Waals surface area contributed by atoms with Crippen molar-refractivity contribution in [2.45, 2.75) is 32.9 Å². The van der Waals surface area contributed by atoms with Crippen molar-refractivity contribution >= 4 is 0 Å². The highest BCUT2D eigenvalue weighted by atomic mass is 16.5. The van der Waals surface area contributed by atoms with Crippen molar-refractivity contribution < 1.29 is 4.74 Å². The molecule has 1 unspecified atom stereocenters. The van der Waals surface area contributed by atoms with Gasteiger partial charge in [-0.3, -0.25) is 4.79 Å². The highest BCUT2D eigenvalue weighted by Crippen LogP contribution is 2.21. The predicted octanol–water partition coefficient (Wildman–Crippen LogP) is 0.759. The summed E-state index contributed by atoms with van der Waals surface area (Å²) in [7, 11) is 1.64. The summed E-state index contributed by atoms with van der Waals surface area (Å²) in [5.74, 6) is 0.910. The van der Waals surface area contributed by atoms with Crippen LogP contribution in [0.5, 0.6) is 0 Å². The quantitative estimate of drug-likeness (QED) is 0.814. The Morgan fingerprint density at radius 3 is 2.82 bits per heavy atom. The second-order valence-electron chi connectivity index (χ2n) is 4.70. The minimum Gasteiger partial charge on any atom is -0.373 e. The van der Waals surface area contributed by atoms with Gasteiger partial charge in [-0.15, -0.1) is 0 Å². The van der Waals surface area contributed by atoms with Crippen molar-refractivity contribution in [3.8, 4) is 0 Å². The Labute approximate surface area is 101 Å². The van der Waals surface area contributed by atoms with Crippen LogP contribution >= 0.6 is 0 Å². The zero-order valence-electron chi connectivity index (χ0n) is 10.5. The highest BCUT2D eigenvalue weighted by Gasteiger charge is 2.21. The Kier molecular flexibility index (Phi) is 3.59. The van der Waals surface area contributed by atoms with E-state index in [-0.39, 0.29) is 17.6 Å². The molecule has 94 valence electrons. The summed E-state index contributed by atoms with van der Waals surface area (Å²) in [6, 6.07) is 0. The first kappa shape index (κ1) is 12.3. The molecule has 1 atom stereocenters. The van der Waals surface area contributed by atoms with E-state index in [1.54, 1.807) is 7.11 Å². The van der Waals surface area contributed by atoms with Crippen LogP contribution in [0.4, 0.5) is 0 Å². The molecule has 0 saturated carbocycles. The molecule has 1 aliphatic rings. The van der Waals surface area contributed by atoms with Gasteiger partial charge < -0.3 is 15.0 Å². The van der Waals surface area contributed by atoms with Gasteiger partial charge in [0.2, 0.25) is 0 Å². The predicted molar refractivity (Wildman–Crippen MR) is 64.9 cm³/mol. The number of rotatable bonds is 3. The standard InChI is InChI=1S/C12H19N3O2/c1-7(2)10(17-3)11-14-9-6-13-5-4-8(9)12(16)15-11/h7,10,13H,4-6H2,1-3H3,(H,14,15,16). The molecule has 17 heavy (non-hydrogen) atoms. The van der Waals surface area contributed by atoms with Crippen molar-refractivity contribution in [1.29, 1.82) is 0 Å². The van der Waals surface area contributed by atoms with Gasteiger partial charge >= 0.3 is 0 Å². The van der Waals surface area contributed by atoms with Crippen molar-refractivity contribution in [3.05, 3.63) is 27.4 Å². The monoisotopic (exact) mass is 237 g/mol. The van der Waals surface area contributed by atoms with Gasteiger partial charge in [0.1, 0.15) is 11.9 Å². The van der Waals surface area contributed by atoms with Crippen molar-refractivity contribution in [2.75, 3.05) is 13.7 Å². The number of hydrogen-bond donors (Lipinski definition) is 2. The summed E-state index contributed by atoms with van der Waals surface area (Å²) in [6.45, 7) is 5.60. The lowest BCUT2D eigenvalue weighted by Crippen LogP contribution is -2.33. The van der Waals surface area contributed by atoms with Gasteiger partial charge in [-0.05, 0) is 18.9 Å². The molecular formula is C12H19N3O2. The van der Waals surface area contributed by atoms with Crippen LogP contribution < -0.4 is 10.9 Å². The summed E-state index contributed by atoms with van der Waals surface area (Å²) < 4.78 is 5.39. The molecule has 0 fully saturated rings. The number of aromatic amines is 1. The fraction of sp³-hybridized carbons (Fsp3) is 0.667. The lowest BCUT2D eigenvalue weighted by Gasteiger charge is -2.21. The summed E-state index contributed by atoms with van der Waals surface area (Å²) in [6.07, 6.45) is 0.590. The third-order valence-electron chi connectivity index (χ3n) is 3.09. The smallest absolute Gasteiger partial charge is 0.254 e. The van der Waals surface area contributed by atoms with Gasteiger partial charge in [0, 0.05) is 19.2 Å². The van der Waals surface area contributed by atoms with Gasteiger partial charge in [-0.2, -0.15) is 0 Å². The Morgan fingerprint density at radius 1 is 1.41 bits per heavy atom. The Balaban J connectivity index is 2.43. The number of nitrogens with one attached hydrogen (secondary N) is 2. The van der Waals surface area contributed by atoms with E-state index >= 15 is 0 Å². The Bertz CT molecular complexity index is 454. The summed E-state index contributed by atoms with van der Waals surface area (Å²) in [5, 5.41) is 3.23. The molecule has 0 aliphatic carbocycles. The Hall–Kier alpha value is -1.20. The van der Waals surface area contributed by atoms with E-state index in [2.05, 4.69) is 15.3 Å². The molecule has 0 radical (unpaired) electrons. The first-order valence-electron chi connectivity index (χ1n) is 5.99. The molecule has 0 aromatic carbocycles. The van der Waals surface area contributed by atoms with E-state index in [4.69, 9.17) is 4.74 Å². The molecule has 5 heteroatoms. The van der Waals surface area contributed by atoms with Gasteiger partial charge in [0.25, 0.3) is 5.56 Å². The van der Waals surface area contributed by atoms with Crippen LogP contribution in [0.1, 0.15) is 37.0 Å². The topological polar surface area (TPSA) is 67.0 Å². The zero-order valence-corrected chi connectivity index (χ0v) is 10.5. The van der Waals surface area contributed by atoms with Crippen LogP contribution in [0, 0.1) is 5.92 Å². The third-order valence-corrected chi connectivity index (χ3v) is 3.09. The summed E-state index contributed by atoms with van der Waals surface area (Å²) >= 11 is 0. The van der Waals surface area contributed by atoms with Crippen molar-refractivity contribution in [1.82, 2.24) is 15.3 Å². The van der Waals surface area contributed by atoms with Crippen LogP contribution in [-0.4, -0.2) is 23.6 Å². The first-order chi connectivity index (χ1) is 8.13. The van der Waals surface area contributed by atoms with Crippen LogP contribution in [-0.2, 0) is 17.7 Å². The highest BCUT2D eigenvalue weighted by molar-refractivity contribution is 5.21. The van der Waals surface area contributed by atoms with E-state index < -0.39 is 0 Å². The SMILES string of the molecule is COC(c1nc2c(c(=O)[nH]1)CCNC2)C(C)C. The van der Waals surface area contributed by atoms with Gasteiger partial charge in [-0.25, -0.2) is 4.98 Å². The second-order valence-corrected chi connectivity index (χ2v) is 4.70. The minimum absolute atomic E-state index is 0.0193. The molecular weight excluding hydrogens is 218 g/mol. The van der Waals surface area contributed by atoms with E-state index in [1.165, 1.54) is 0 Å². The van der Waals surface area contributed by atoms with Crippen molar-refractivity contribution in [2.24, 2.45) is 5.92 Å². The van der Waals surface area contributed by atoms with Crippen LogP contribution in [0.25, 0.3) is 0 Å². The largest absolute Gasteiger partial charge is 0.373 e. The van der Waals surface area contributed by atoms with Crippen LogP contribution in [0.3, 0.4) is 0 Å². The molecule has 2 N–H and O–H groups in total. The van der Waals surface area contributed by atoms with Gasteiger partial charge in [0.15, 0.2) is 0 Å². The third kappa shape index (κ3) is 2.40. The zero-order chi connectivity index (χ0) is 12.4. The normalized spacial score (nSPS) is 16.9. The summed E-state index contributed by atoms with van der Waals surface area (Å²) in [5.41, 5.74) is 1.65. The molecule has 2 rings (SSSR count). The number of nitrogens with zero attached hydrogens (tertiary/aromatic N) is 1. The molecule has 1 aromatic rings. The number of aromatic nitrogens is 2. The fourth-order valence-electron chi connectivity index (χ4n) is 2.22. The van der Waals surface area contributed by atoms with Crippen LogP contribution in [0.2, 0.25) is 0 Å². The average Bonchev–Trinajstić information content (AvgIpc) is 2.29. The summed E-state index contributed by atoms with van der Waals surface area (Å²) in [4.78, 5) is 19.3. The number of methoxy groups -OCH3 is 1. The molecule has 0 bridgehead atoms. The molecule has 2 heterocycles. The van der Waals surface area contributed by atoms with Gasteiger partial charge in [0.05, 0.1) is 5.69 Å². The molecule has 1 aliphatic heterocycles. The lowest BCUT2D eigenvalue weighted by molar-refractivity contribution is 0.0569. The molecule has 0 saturated heterocycles. The van der Waals surface area contributed by atoms with E-state index in [9.17, 15) is 4.79 Å². The van der Waals surface area contributed by atoms with E-state index in [0.29, 0.717) is 12.4 Å². The number of ether oxygens (including phenoxy) is 1. The Morgan fingerprint density at radius 2 is 2.18 bits per heavy atom. The molecule has 0 spiro atoms. The number of H-pyrrole nitrogens is 1. The average molecular weight is 237 g/mol. The maximum Gasteiger partial charge on any atom is 0.254 e. The fourth-order valence-corrected chi connectivity index (χ4v) is 2.22. The van der Waals surface area contributed by atoms with E-state index in [0.717, 1.165) is 24.2 Å². The maximum atomic E-state index is 11.9. The van der Waals surface area contributed by atoms with Crippen molar-refractivity contribution in [3.63, 3.8) is 0 Å². The maximum absolute atomic E-state index is 11.9. The molecule has 1 aromatic heterocycles.